The lowest BCUT2D eigenvalue weighted by atomic mass is 10.1. The van der Waals surface area contributed by atoms with Gasteiger partial charge in [0.05, 0.1) is 0 Å². The minimum Gasteiger partial charge on any atom is -0.492 e. The third-order valence-corrected chi connectivity index (χ3v) is 4.26. The van der Waals surface area contributed by atoms with Crippen LogP contribution >= 0.6 is 27.5 Å². The topological polar surface area (TPSA) is 21.3 Å². The predicted molar refractivity (Wildman–Crippen MR) is 89.1 cm³/mol. The fourth-order valence-electron chi connectivity index (χ4n) is 1.95. The molecule has 0 unspecified atom stereocenters. The van der Waals surface area contributed by atoms with Crippen molar-refractivity contribution in [3.8, 4) is 5.75 Å². The third kappa shape index (κ3) is 3.90. The van der Waals surface area contributed by atoms with Crippen LogP contribution in [0.1, 0.15) is 11.1 Å². The van der Waals surface area contributed by atoms with Gasteiger partial charge in [-0.1, -0.05) is 23.7 Å². The third-order valence-electron chi connectivity index (χ3n) is 2.97. The molecular formula is C16H17BrClNO. The number of hydrogen-bond donors (Lipinski definition) is 1. The first-order valence-corrected chi connectivity index (χ1v) is 7.63. The summed E-state index contributed by atoms with van der Waals surface area (Å²) in [5.41, 5.74) is 3.15. The smallest absolute Gasteiger partial charge is 0.120 e. The van der Waals surface area contributed by atoms with Gasteiger partial charge >= 0.3 is 0 Å². The van der Waals surface area contributed by atoms with Gasteiger partial charge in [-0.25, -0.2) is 0 Å². The van der Waals surface area contributed by atoms with Crippen LogP contribution in [0, 0.1) is 13.8 Å². The highest BCUT2D eigenvalue weighted by molar-refractivity contribution is 9.10. The maximum Gasteiger partial charge on any atom is 0.120 e. The fraction of sp³-hybridized carbons (Fsp3) is 0.250. The molecule has 0 amide bonds. The van der Waals surface area contributed by atoms with Gasteiger partial charge in [0.2, 0.25) is 0 Å². The summed E-state index contributed by atoms with van der Waals surface area (Å²) in [6.07, 6.45) is 0. The Morgan fingerprint density at radius 1 is 1.15 bits per heavy atom. The molecule has 0 fully saturated rings. The lowest BCUT2D eigenvalue weighted by Gasteiger charge is -2.12. The van der Waals surface area contributed by atoms with Crippen LogP contribution in [0.3, 0.4) is 0 Å². The molecule has 0 aliphatic heterocycles. The average molecular weight is 355 g/mol. The number of aryl methyl sites for hydroxylation is 2. The summed E-state index contributed by atoms with van der Waals surface area (Å²) in [6, 6.07) is 12.0. The van der Waals surface area contributed by atoms with E-state index < -0.39 is 0 Å². The van der Waals surface area contributed by atoms with Gasteiger partial charge in [0.1, 0.15) is 12.4 Å². The molecule has 2 nitrogen and oxygen atoms in total. The molecule has 20 heavy (non-hydrogen) atoms. The summed E-state index contributed by atoms with van der Waals surface area (Å²) in [4.78, 5) is 0. The second-order valence-electron chi connectivity index (χ2n) is 4.63. The van der Waals surface area contributed by atoms with Gasteiger partial charge in [-0.15, -0.1) is 0 Å². The zero-order valence-corrected chi connectivity index (χ0v) is 13.9. The van der Waals surface area contributed by atoms with Crippen LogP contribution in [0.25, 0.3) is 0 Å². The molecule has 0 saturated carbocycles. The normalized spacial score (nSPS) is 10.4. The minimum absolute atomic E-state index is 0.599. The Kier molecular flexibility index (Phi) is 5.32. The van der Waals surface area contributed by atoms with Gasteiger partial charge in [-0.05, 0) is 65.2 Å². The molecule has 0 spiro atoms. The molecule has 0 bridgehead atoms. The first-order valence-electron chi connectivity index (χ1n) is 6.46. The van der Waals surface area contributed by atoms with E-state index >= 15 is 0 Å². The highest BCUT2D eigenvalue weighted by Crippen LogP contribution is 2.26. The van der Waals surface area contributed by atoms with E-state index in [0.29, 0.717) is 6.61 Å². The second kappa shape index (κ2) is 7.00. The summed E-state index contributed by atoms with van der Waals surface area (Å²) in [5.74, 6) is 0.860. The van der Waals surface area contributed by atoms with Crippen LogP contribution < -0.4 is 10.1 Å². The second-order valence-corrected chi connectivity index (χ2v) is 5.86. The van der Waals surface area contributed by atoms with Crippen molar-refractivity contribution in [1.29, 1.82) is 0 Å². The molecular weight excluding hydrogens is 338 g/mol. The van der Waals surface area contributed by atoms with Crippen molar-refractivity contribution in [2.45, 2.75) is 13.8 Å². The van der Waals surface area contributed by atoms with E-state index in [4.69, 9.17) is 16.3 Å². The van der Waals surface area contributed by atoms with E-state index in [9.17, 15) is 0 Å². The molecule has 106 valence electrons. The summed E-state index contributed by atoms with van der Waals surface area (Å²) in [6.45, 7) is 5.31. The molecule has 0 aliphatic rings. The average Bonchev–Trinajstić information content (AvgIpc) is 2.42. The van der Waals surface area contributed by atoms with Gasteiger partial charge in [-0.2, -0.15) is 0 Å². The van der Waals surface area contributed by atoms with Crippen molar-refractivity contribution in [1.82, 2.24) is 0 Å². The predicted octanol–water partition coefficient (Wildman–Crippen LogP) is 5.21. The Hall–Kier alpha value is -1.19. The largest absolute Gasteiger partial charge is 0.492 e. The van der Waals surface area contributed by atoms with E-state index in [1.165, 1.54) is 0 Å². The Morgan fingerprint density at radius 3 is 2.45 bits per heavy atom. The molecule has 4 heteroatoms. The lowest BCUT2D eigenvalue weighted by Crippen LogP contribution is -2.11. The van der Waals surface area contributed by atoms with E-state index in [-0.39, 0.29) is 0 Å². The summed E-state index contributed by atoms with van der Waals surface area (Å²) >= 11 is 9.64. The molecule has 0 heterocycles. The van der Waals surface area contributed by atoms with Crippen LogP contribution in [0.4, 0.5) is 5.69 Å². The molecule has 1 N–H and O–H groups in total. The van der Waals surface area contributed by atoms with Crippen LogP contribution in [-0.4, -0.2) is 13.2 Å². The highest BCUT2D eigenvalue weighted by atomic mass is 79.9. The van der Waals surface area contributed by atoms with Crippen LogP contribution in [-0.2, 0) is 0 Å². The molecule has 2 aromatic rings. The van der Waals surface area contributed by atoms with Crippen molar-refractivity contribution >= 4 is 33.2 Å². The van der Waals surface area contributed by atoms with E-state index in [1.54, 1.807) is 0 Å². The van der Waals surface area contributed by atoms with Crippen molar-refractivity contribution in [2.24, 2.45) is 0 Å². The lowest BCUT2D eigenvalue weighted by molar-refractivity contribution is 0.332. The van der Waals surface area contributed by atoms with Crippen molar-refractivity contribution in [3.05, 3.63) is 57.0 Å². The Bertz CT molecular complexity index is 578. The van der Waals surface area contributed by atoms with Crippen molar-refractivity contribution < 1.29 is 4.74 Å². The SMILES string of the molecule is Cc1cc(OCCNc2ccccc2Br)cc(C)c1Cl. The monoisotopic (exact) mass is 353 g/mol. The van der Waals surface area contributed by atoms with Gasteiger partial charge in [-0.3, -0.25) is 0 Å². The molecule has 2 aromatic carbocycles. The number of anilines is 1. The van der Waals surface area contributed by atoms with Crippen LogP contribution in [0.5, 0.6) is 5.75 Å². The number of halogens is 2. The summed E-state index contributed by atoms with van der Waals surface area (Å²) in [5, 5.41) is 4.13. The minimum atomic E-state index is 0.599. The molecule has 0 aromatic heterocycles. The van der Waals surface area contributed by atoms with E-state index in [0.717, 1.165) is 38.6 Å². The zero-order valence-electron chi connectivity index (χ0n) is 11.5. The quantitative estimate of drug-likeness (QED) is 0.744. The van der Waals surface area contributed by atoms with Gasteiger partial charge in [0.15, 0.2) is 0 Å². The number of ether oxygens (including phenoxy) is 1. The van der Waals surface area contributed by atoms with Gasteiger partial charge in [0.25, 0.3) is 0 Å². The van der Waals surface area contributed by atoms with Crippen molar-refractivity contribution in [3.63, 3.8) is 0 Å². The molecule has 2 rings (SSSR count). The summed E-state index contributed by atoms with van der Waals surface area (Å²) in [7, 11) is 0. The Labute approximate surface area is 133 Å². The van der Waals surface area contributed by atoms with Crippen LogP contribution in [0.2, 0.25) is 5.02 Å². The fourth-order valence-corrected chi connectivity index (χ4v) is 2.48. The first-order chi connectivity index (χ1) is 9.58. The Morgan fingerprint density at radius 2 is 1.80 bits per heavy atom. The number of rotatable bonds is 5. The van der Waals surface area contributed by atoms with Crippen LogP contribution in [0.15, 0.2) is 40.9 Å². The Balaban J connectivity index is 1.86. The number of hydrogen-bond acceptors (Lipinski definition) is 2. The van der Waals surface area contributed by atoms with E-state index in [2.05, 4.69) is 21.2 Å². The molecule has 0 radical (unpaired) electrons. The summed E-state index contributed by atoms with van der Waals surface area (Å²) < 4.78 is 6.80. The first kappa shape index (κ1) is 15.2. The number of para-hydroxylation sites is 1. The zero-order chi connectivity index (χ0) is 14.5. The molecule has 0 atom stereocenters. The van der Waals surface area contributed by atoms with Gasteiger partial charge < -0.3 is 10.1 Å². The highest BCUT2D eigenvalue weighted by Gasteiger charge is 2.03. The standard InChI is InChI=1S/C16H17BrClNO/c1-11-9-13(10-12(2)16(11)18)20-8-7-19-15-6-4-3-5-14(15)17/h3-6,9-10,19H,7-8H2,1-2H3. The maximum atomic E-state index is 6.14. The van der Waals surface area contributed by atoms with Gasteiger partial charge in [0, 0.05) is 21.7 Å². The number of benzene rings is 2. The molecule has 0 aliphatic carbocycles. The molecule has 0 saturated heterocycles. The number of nitrogens with one attached hydrogen (secondary N) is 1. The van der Waals surface area contributed by atoms with Crippen molar-refractivity contribution in [2.75, 3.05) is 18.5 Å². The maximum absolute atomic E-state index is 6.14. The van der Waals surface area contributed by atoms with E-state index in [1.807, 2.05) is 50.2 Å².